The van der Waals surface area contributed by atoms with E-state index in [9.17, 15) is 4.79 Å². The minimum Gasteiger partial charge on any atom is -0.377 e. The molecule has 2 aliphatic rings. The van der Waals surface area contributed by atoms with Gasteiger partial charge >= 0.3 is 0 Å². The zero-order chi connectivity index (χ0) is 15.4. The summed E-state index contributed by atoms with van der Waals surface area (Å²) in [5.74, 6) is 0.0280. The third-order valence-corrected chi connectivity index (χ3v) is 5.94. The van der Waals surface area contributed by atoms with E-state index in [1.54, 1.807) is 0 Å². The number of fused-ring (bicyclic) bond motifs is 1. The van der Waals surface area contributed by atoms with E-state index in [1.807, 2.05) is 39.0 Å². The van der Waals surface area contributed by atoms with Crippen molar-refractivity contribution in [2.24, 2.45) is 17.1 Å². The number of benzene rings is 1. The lowest BCUT2D eigenvalue weighted by Gasteiger charge is -2.60. The van der Waals surface area contributed by atoms with Gasteiger partial charge in [0.2, 0.25) is 5.91 Å². The average molecular weight is 400 g/mol. The van der Waals surface area contributed by atoms with Crippen LogP contribution < -0.4 is 11.1 Å². The third kappa shape index (κ3) is 2.04. The van der Waals surface area contributed by atoms with Crippen molar-refractivity contribution in [1.82, 2.24) is 0 Å². The number of aryl methyl sites for hydroxylation is 1. The Bertz CT molecular complexity index is 602. The van der Waals surface area contributed by atoms with Gasteiger partial charge in [0.25, 0.3) is 0 Å². The molecule has 1 heterocycles. The van der Waals surface area contributed by atoms with Crippen LogP contribution in [0.2, 0.25) is 0 Å². The molecule has 1 aromatic rings. The Labute approximate surface area is 138 Å². The van der Waals surface area contributed by atoms with E-state index in [1.165, 1.54) is 0 Å². The molecule has 0 bridgehead atoms. The van der Waals surface area contributed by atoms with Crippen LogP contribution in [0.25, 0.3) is 0 Å². The molecule has 3 unspecified atom stereocenters. The molecule has 0 spiro atoms. The van der Waals surface area contributed by atoms with Gasteiger partial charge in [0.15, 0.2) is 0 Å². The number of halogens is 1. The van der Waals surface area contributed by atoms with E-state index >= 15 is 0 Å². The zero-order valence-electron chi connectivity index (χ0n) is 12.6. The van der Waals surface area contributed by atoms with E-state index in [0.717, 1.165) is 21.2 Å². The topological polar surface area (TPSA) is 64.4 Å². The van der Waals surface area contributed by atoms with E-state index in [4.69, 9.17) is 10.5 Å². The predicted octanol–water partition coefficient (Wildman–Crippen LogP) is 2.68. The summed E-state index contributed by atoms with van der Waals surface area (Å²) in [5, 5.41) is 3.03. The molecule has 1 amide bonds. The number of nitrogens with two attached hydrogens (primary N) is 1. The summed E-state index contributed by atoms with van der Waals surface area (Å²) in [6.45, 7) is 6.75. The van der Waals surface area contributed by atoms with Crippen LogP contribution in [-0.2, 0) is 9.53 Å². The summed E-state index contributed by atoms with van der Waals surface area (Å²) in [6, 6.07) is 5.97. The van der Waals surface area contributed by atoms with Crippen molar-refractivity contribution in [3.63, 3.8) is 0 Å². The second-order valence-electron chi connectivity index (χ2n) is 6.69. The number of carbonyl (C=O) groups excluding carboxylic acids is 1. The van der Waals surface area contributed by atoms with Crippen LogP contribution in [0.3, 0.4) is 0 Å². The maximum atomic E-state index is 12.8. The number of hydrogen-bond acceptors (Lipinski definition) is 3. The second-order valence-corrected chi connectivity index (χ2v) is 7.94. The minimum atomic E-state index is -0.858. The number of rotatable bonds is 2. The lowest BCUT2D eigenvalue weighted by atomic mass is 9.48. The molecule has 114 valence electrons. The lowest BCUT2D eigenvalue weighted by molar-refractivity contribution is -0.170. The average Bonchev–Trinajstić information content (AvgIpc) is 2.89. The Morgan fingerprint density at radius 3 is 2.86 bits per heavy atom. The largest absolute Gasteiger partial charge is 0.377 e. The van der Waals surface area contributed by atoms with Crippen LogP contribution in [0.15, 0.2) is 18.2 Å². The number of ether oxygens (including phenoxy) is 1. The fourth-order valence-electron chi connectivity index (χ4n) is 3.84. The van der Waals surface area contributed by atoms with Crippen molar-refractivity contribution in [2.75, 3.05) is 11.9 Å². The van der Waals surface area contributed by atoms with Gasteiger partial charge in [0.1, 0.15) is 5.54 Å². The van der Waals surface area contributed by atoms with Gasteiger partial charge in [-0.05, 0) is 59.7 Å². The molecular formula is C16H21IN2O2. The Kier molecular flexibility index (Phi) is 3.58. The first-order chi connectivity index (χ1) is 9.78. The molecule has 1 saturated heterocycles. The highest BCUT2D eigenvalue weighted by atomic mass is 127. The van der Waals surface area contributed by atoms with E-state index in [2.05, 4.69) is 27.9 Å². The highest BCUT2D eigenvalue weighted by Crippen LogP contribution is 2.58. The summed E-state index contributed by atoms with van der Waals surface area (Å²) in [5.41, 5.74) is 7.24. The summed E-state index contributed by atoms with van der Waals surface area (Å²) in [6.07, 6.45) is 0.968. The fourth-order valence-corrected chi connectivity index (χ4v) is 4.49. The summed E-state index contributed by atoms with van der Waals surface area (Å²) >= 11 is 2.26. The molecule has 3 N–H and O–H groups in total. The van der Waals surface area contributed by atoms with Crippen molar-refractivity contribution in [1.29, 1.82) is 0 Å². The van der Waals surface area contributed by atoms with Gasteiger partial charge in [0.05, 0.1) is 6.10 Å². The number of hydrogen-bond donors (Lipinski definition) is 2. The van der Waals surface area contributed by atoms with Gasteiger partial charge in [-0.25, -0.2) is 0 Å². The highest BCUT2D eigenvalue weighted by Gasteiger charge is 2.71. The Hall–Kier alpha value is -0.660. The molecule has 1 saturated carbocycles. The molecule has 1 aliphatic heterocycles. The third-order valence-electron chi connectivity index (χ3n) is 5.27. The first kappa shape index (κ1) is 15.2. The molecular weight excluding hydrogens is 379 g/mol. The molecule has 3 rings (SSSR count). The zero-order valence-corrected chi connectivity index (χ0v) is 14.7. The van der Waals surface area contributed by atoms with E-state index in [0.29, 0.717) is 6.61 Å². The normalized spacial score (nSPS) is 33.2. The van der Waals surface area contributed by atoms with Crippen molar-refractivity contribution in [3.05, 3.63) is 27.3 Å². The van der Waals surface area contributed by atoms with Gasteiger partial charge in [-0.15, -0.1) is 0 Å². The molecule has 3 atom stereocenters. The molecule has 4 nitrogen and oxygen atoms in total. The lowest BCUT2D eigenvalue weighted by Crippen LogP contribution is -2.79. The standard InChI is InChI=1S/C16H21IN2O2/c1-9-8-10(17)4-5-12(9)19-14(20)16(18)11-6-7-21-13(11)15(16,2)3/h4-5,8,11,13H,6-7,18H2,1-3H3,(H,19,20). The molecule has 1 aromatic carbocycles. The van der Waals surface area contributed by atoms with Crippen LogP contribution in [0.1, 0.15) is 25.8 Å². The van der Waals surface area contributed by atoms with Crippen LogP contribution in [0.4, 0.5) is 5.69 Å². The summed E-state index contributed by atoms with van der Waals surface area (Å²) in [7, 11) is 0. The quantitative estimate of drug-likeness (QED) is 0.751. The van der Waals surface area contributed by atoms with Gasteiger partial charge in [0, 0.05) is 27.2 Å². The maximum Gasteiger partial charge on any atom is 0.245 e. The SMILES string of the molecule is Cc1cc(I)ccc1NC(=O)C1(N)C2CCOC2C1(C)C. The summed E-state index contributed by atoms with van der Waals surface area (Å²) < 4.78 is 6.89. The molecule has 2 fully saturated rings. The van der Waals surface area contributed by atoms with Crippen molar-refractivity contribution < 1.29 is 9.53 Å². The minimum absolute atomic E-state index is 0.0939. The van der Waals surface area contributed by atoms with E-state index in [-0.39, 0.29) is 23.3 Å². The smallest absolute Gasteiger partial charge is 0.245 e. The fraction of sp³-hybridized carbons (Fsp3) is 0.562. The first-order valence-corrected chi connectivity index (χ1v) is 8.34. The van der Waals surface area contributed by atoms with Crippen molar-refractivity contribution in [2.45, 2.75) is 38.8 Å². The second kappa shape index (κ2) is 4.93. The van der Waals surface area contributed by atoms with Gasteiger partial charge < -0.3 is 15.8 Å². The maximum absolute atomic E-state index is 12.8. The Morgan fingerprint density at radius 1 is 1.48 bits per heavy atom. The van der Waals surface area contributed by atoms with Crippen LogP contribution >= 0.6 is 22.6 Å². The Morgan fingerprint density at radius 2 is 2.19 bits per heavy atom. The molecule has 0 radical (unpaired) electrons. The number of carbonyl (C=O) groups is 1. The Balaban J connectivity index is 1.85. The number of amides is 1. The highest BCUT2D eigenvalue weighted by molar-refractivity contribution is 14.1. The molecule has 5 heteroatoms. The number of nitrogens with one attached hydrogen (secondary N) is 1. The molecule has 0 aromatic heterocycles. The van der Waals surface area contributed by atoms with Gasteiger partial charge in [-0.3, -0.25) is 4.79 Å². The monoisotopic (exact) mass is 400 g/mol. The van der Waals surface area contributed by atoms with Crippen molar-refractivity contribution in [3.8, 4) is 0 Å². The van der Waals surface area contributed by atoms with E-state index < -0.39 is 5.54 Å². The van der Waals surface area contributed by atoms with Crippen LogP contribution in [0.5, 0.6) is 0 Å². The molecule has 1 aliphatic carbocycles. The van der Waals surface area contributed by atoms with Crippen molar-refractivity contribution >= 4 is 34.2 Å². The number of anilines is 1. The van der Waals surface area contributed by atoms with Gasteiger partial charge in [-0.2, -0.15) is 0 Å². The molecule has 21 heavy (non-hydrogen) atoms. The van der Waals surface area contributed by atoms with Crippen LogP contribution in [-0.4, -0.2) is 24.2 Å². The first-order valence-electron chi connectivity index (χ1n) is 7.26. The van der Waals surface area contributed by atoms with Gasteiger partial charge in [-0.1, -0.05) is 13.8 Å². The predicted molar refractivity (Wildman–Crippen MR) is 91.1 cm³/mol. The van der Waals surface area contributed by atoms with Crippen LogP contribution in [0, 0.1) is 21.8 Å². The summed E-state index contributed by atoms with van der Waals surface area (Å²) in [4.78, 5) is 12.8.